The molecule has 2 rings (SSSR count). The molecule has 0 saturated carbocycles. The van der Waals surface area contributed by atoms with Gasteiger partial charge in [-0.1, -0.05) is 48.8 Å². The standard InChI is InChI=1S/C15H19ClN2O/c1-2-7-13(16)15-17-14(19-18-15)11-6-10-12-8-4-3-5-9-12/h3-5,8-9,13H,2,6-7,10-11H2,1H3. The van der Waals surface area contributed by atoms with Gasteiger partial charge in [0.25, 0.3) is 0 Å². The fourth-order valence-corrected chi connectivity index (χ4v) is 2.27. The van der Waals surface area contributed by atoms with Crippen LogP contribution in [0.15, 0.2) is 34.9 Å². The first-order valence-corrected chi connectivity index (χ1v) is 7.23. The number of rotatable bonds is 7. The van der Waals surface area contributed by atoms with E-state index in [2.05, 4.69) is 41.3 Å². The van der Waals surface area contributed by atoms with Gasteiger partial charge in [0.2, 0.25) is 5.89 Å². The van der Waals surface area contributed by atoms with Crippen LogP contribution < -0.4 is 0 Å². The van der Waals surface area contributed by atoms with Gasteiger partial charge in [-0.2, -0.15) is 4.98 Å². The van der Waals surface area contributed by atoms with Crippen molar-refractivity contribution in [2.24, 2.45) is 0 Å². The molecule has 1 atom stereocenters. The molecule has 19 heavy (non-hydrogen) atoms. The number of hydrogen-bond acceptors (Lipinski definition) is 3. The summed E-state index contributed by atoms with van der Waals surface area (Å²) in [4.78, 5) is 4.35. The number of halogens is 1. The van der Waals surface area contributed by atoms with Crippen molar-refractivity contribution in [3.05, 3.63) is 47.6 Å². The molecule has 0 aliphatic rings. The Morgan fingerprint density at radius 3 is 2.74 bits per heavy atom. The SMILES string of the molecule is CCCC(Cl)c1noc(CCCc2ccccc2)n1. The highest BCUT2D eigenvalue weighted by Gasteiger charge is 2.14. The van der Waals surface area contributed by atoms with Crippen LogP contribution >= 0.6 is 11.6 Å². The Hall–Kier alpha value is -1.35. The summed E-state index contributed by atoms with van der Waals surface area (Å²) < 4.78 is 5.22. The van der Waals surface area contributed by atoms with E-state index in [1.807, 2.05) is 6.07 Å². The van der Waals surface area contributed by atoms with Gasteiger partial charge >= 0.3 is 0 Å². The summed E-state index contributed by atoms with van der Waals surface area (Å²) in [6.45, 7) is 2.09. The van der Waals surface area contributed by atoms with E-state index in [1.54, 1.807) is 0 Å². The molecule has 0 amide bonds. The van der Waals surface area contributed by atoms with Crippen molar-refractivity contribution in [2.45, 2.75) is 44.4 Å². The third kappa shape index (κ3) is 4.35. The lowest BCUT2D eigenvalue weighted by Crippen LogP contribution is -1.94. The highest BCUT2D eigenvalue weighted by molar-refractivity contribution is 6.20. The average Bonchev–Trinajstić information content (AvgIpc) is 2.89. The van der Waals surface area contributed by atoms with Crippen molar-refractivity contribution in [3.63, 3.8) is 0 Å². The molecule has 1 aromatic heterocycles. The second-order valence-electron chi connectivity index (χ2n) is 4.64. The van der Waals surface area contributed by atoms with Crippen LogP contribution in [0.25, 0.3) is 0 Å². The van der Waals surface area contributed by atoms with Crippen LogP contribution in [0.5, 0.6) is 0 Å². The third-order valence-electron chi connectivity index (χ3n) is 3.01. The van der Waals surface area contributed by atoms with Gasteiger partial charge in [0.1, 0.15) is 0 Å². The number of aryl methyl sites for hydroxylation is 2. The highest BCUT2D eigenvalue weighted by atomic mass is 35.5. The maximum absolute atomic E-state index is 6.16. The number of aromatic nitrogens is 2. The zero-order chi connectivity index (χ0) is 13.5. The molecule has 0 aliphatic carbocycles. The lowest BCUT2D eigenvalue weighted by molar-refractivity contribution is 0.369. The molecule has 2 aromatic rings. The Kier molecular flexibility index (Phi) is 5.40. The molecular formula is C15H19ClN2O. The number of hydrogen-bond donors (Lipinski definition) is 0. The van der Waals surface area contributed by atoms with Crippen molar-refractivity contribution in [1.29, 1.82) is 0 Å². The molecule has 1 heterocycles. The largest absolute Gasteiger partial charge is 0.339 e. The van der Waals surface area contributed by atoms with Crippen molar-refractivity contribution in [1.82, 2.24) is 10.1 Å². The first-order chi connectivity index (χ1) is 9.29. The predicted octanol–water partition coefficient (Wildman–Crippen LogP) is 4.32. The molecule has 0 aliphatic heterocycles. The molecule has 0 radical (unpaired) electrons. The van der Waals surface area contributed by atoms with Gasteiger partial charge in [0, 0.05) is 6.42 Å². The Morgan fingerprint density at radius 2 is 2.00 bits per heavy atom. The second-order valence-corrected chi connectivity index (χ2v) is 5.17. The maximum Gasteiger partial charge on any atom is 0.226 e. The van der Waals surface area contributed by atoms with Gasteiger partial charge in [0.15, 0.2) is 5.82 Å². The van der Waals surface area contributed by atoms with E-state index in [0.717, 1.165) is 32.1 Å². The molecular weight excluding hydrogens is 260 g/mol. The summed E-state index contributed by atoms with van der Waals surface area (Å²) in [5.74, 6) is 1.31. The van der Waals surface area contributed by atoms with Crippen molar-refractivity contribution in [2.75, 3.05) is 0 Å². The average molecular weight is 279 g/mol. The molecule has 0 saturated heterocycles. The molecule has 102 valence electrons. The van der Waals surface area contributed by atoms with Crippen LogP contribution in [0, 0.1) is 0 Å². The van der Waals surface area contributed by atoms with Crippen molar-refractivity contribution >= 4 is 11.6 Å². The molecule has 1 unspecified atom stereocenters. The summed E-state index contributed by atoms with van der Waals surface area (Å²) in [5.41, 5.74) is 1.34. The number of alkyl halides is 1. The Morgan fingerprint density at radius 1 is 1.21 bits per heavy atom. The van der Waals surface area contributed by atoms with Gasteiger partial charge in [0.05, 0.1) is 5.38 Å². The van der Waals surface area contributed by atoms with Gasteiger partial charge in [-0.05, 0) is 24.8 Å². The quantitative estimate of drug-likeness (QED) is 0.708. The lowest BCUT2D eigenvalue weighted by atomic mass is 10.1. The molecule has 0 N–H and O–H groups in total. The fourth-order valence-electron chi connectivity index (χ4n) is 1.97. The molecule has 0 fully saturated rings. The van der Waals surface area contributed by atoms with Crippen LogP contribution in [-0.2, 0) is 12.8 Å². The first kappa shape index (κ1) is 14.1. The van der Waals surface area contributed by atoms with E-state index in [4.69, 9.17) is 16.1 Å². The van der Waals surface area contributed by atoms with Crippen LogP contribution in [0.3, 0.4) is 0 Å². The van der Waals surface area contributed by atoms with Crippen molar-refractivity contribution in [3.8, 4) is 0 Å². The number of benzene rings is 1. The Balaban J connectivity index is 1.80. The molecule has 4 heteroatoms. The minimum atomic E-state index is -0.128. The fraction of sp³-hybridized carbons (Fsp3) is 0.467. The number of nitrogens with zero attached hydrogens (tertiary/aromatic N) is 2. The third-order valence-corrected chi connectivity index (χ3v) is 3.42. The van der Waals surface area contributed by atoms with Crippen molar-refractivity contribution < 1.29 is 4.52 Å². The summed E-state index contributed by atoms with van der Waals surface area (Å²) in [6.07, 6.45) is 4.73. The normalized spacial score (nSPS) is 12.5. The first-order valence-electron chi connectivity index (χ1n) is 6.80. The summed E-state index contributed by atoms with van der Waals surface area (Å²) in [6, 6.07) is 10.4. The predicted molar refractivity (Wildman–Crippen MR) is 76.3 cm³/mol. The smallest absolute Gasteiger partial charge is 0.226 e. The molecule has 1 aromatic carbocycles. The van der Waals surface area contributed by atoms with Gasteiger partial charge in [-0.3, -0.25) is 0 Å². The van der Waals surface area contributed by atoms with E-state index in [-0.39, 0.29) is 5.38 Å². The van der Waals surface area contributed by atoms with Crippen LogP contribution in [0.2, 0.25) is 0 Å². The lowest BCUT2D eigenvalue weighted by Gasteiger charge is -2.00. The minimum Gasteiger partial charge on any atom is -0.339 e. The molecule has 3 nitrogen and oxygen atoms in total. The monoisotopic (exact) mass is 278 g/mol. The van der Waals surface area contributed by atoms with Crippen LogP contribution in [0.4, 0.5) is 0 Å². The van der Waals surface area contributed by atoms with Crippen LogP contribution in [0.1, 0.15) is 48.8 Å². The van der Waals surface area contributed by atoms with E-state index in [0.29, 0.717) is 11.7 Å². The van der Waals surface area contributed by atoms with E-state index in [9.17, 15) is 0 Å². The maximum atomic E-state index is 6.16. The molecule has 0 spiro atoms. The molecule has 0 bridgehead atoms. The van der Waals surface area contributed by atoms with E-state index < -0.39 is 0 Å². The summed E-state index contributed by atoms with van der Waals surface area (Å²) >= 11 is 6.16. The zero-order valence-electron chi connectivity index (χ0n) is 11.2. The Labute approximate surface area is 119 Å². The minimum absolute atomic E-state index is 0.128. The van der Waals surface area contributed by atoms with Crippen LogP contribution in [-0.4, -0.2) is 10.1 Å². The highest BCUT2D eigenvalue weighted by Crippen LogP contribution is 2.22. The van der Waals surface area contributed by atoms with Gasteiger partial charge < -0.3 is 4.52 Å². The Bertz CT molecular complexity index is 484. The van der Waals surface area contributed by atoms with Gasteiger partial charge in [-0.15, -0.1) is 11.6 Å². The van der Waals surface area contributed by atoms with E-state index in [1.165, 1.54) is 5.56 Å². The summed E-state index contributed by atoms with van der Waals surface area (Å²) in [5, 5.41) is 3.81. The summed E-state index contributed by atoms with van der Waals surface area (Å²) in [7, 11) is 0. The second kappa shape index (κ2) is 7.29. The topological polar surface area (TPSA) is 38.9 Å². The zero-order valence-corrected chi connectivity index (χ0v) is 11.9. The van der Waals surface area contributed by atoms with Gasteiger partial charge in [-0.25, -0.2) is 0 Å². The van der Waals surface area contributed by atoms with E-state index >= 15 is 0 Å².